The third-order valence-electron chi connectivity index (χ3n) is 2.79. The van der Waals surface area contributed by atoms with Gasteiger partial charge in [0.15, 0.2) is 0 Å². The second-order valence-electron chi connectivity index (χ2n) is 4.29. The third kappa shape index (κ3) is 5.42. The normalized spacial score (nSPS) is 10.6. The molecule has 0 bridgehead atoms. The molecule has 0 amide bonds. The Kier molecular flexibility index (Phi) is 6.86. The van der Waals surface area contributed by atoms with Crippen molar-refractivity contribution in [2.24, 2.45) is 4.99 Å². The van der Waals surface area contributed by atoms with E-state index >= 15 is 0 Å². The number of nitrogens with zero attached hydrogens (tertiary/aromatic N) is 1. The fourth-order valence-electron chi connectivity index (χ4n) is 1.68. The molecule has 0 unspecified atom stereocenters. The smallest absolute Gasteiger partial charge is 0.328 e. The van der Waals surface area contributed by atoms with E-state index in [9.17, 15) is 4.79 Å². The summed E-state index contributed by atoms with van der Waals surface area (Å²) in [4.78, 5) is 14.8. The molecule has 0 heterocycles. The Hall–Kier alpha value is -2.59. The molecule has 0 radical (unpaired) electrons. The van der Waals surface area contributed by atoms with Crippen molar-refractivity contribution in [1.82, 2.24) is 0 Å². The predicted molar refractivity (Wildman–Crippen MR) is 90.6 cm³/mol. The number of hydrogen-bond donors (Lipinski definition) is 1. The van der Waals surface area contributed by atoms with Crippen LogP contribution in [0.2, 0.25) is 0 Å². The van der Waals surface area contributed by atoms with Crippen LogP contribution in [0.25, 0.3) is 6.08 Å². The number of halogens is 1. The molecular formula is C17H16ClNO3. The van der Waals surface area contributed by atoms with E-state index in [1.807, 2.05) is 48.5 Å². The average molecular weight is 318 g/mol. The zero-order valence-corrected chi connectivity index (χ0v) is 12.8. The summed E-state index contributed by atoms with van der Waals surface area (Å²) in [6.07, 6.45) is 4.41. The Morgan fingerprint density at radius 2 is 1.64 bits per heavy atom. The number of carboxylic acids is 1. The molecular weight excluding hydrogens is 302 g/mol. The van der Waals surface area contributed by atoms with E-state index in [1.54, 1.807) is 19.4 Å². The molecule has 0 aliphatic carbocycles. The third-order valence-corrected chi connectivity index (χ3v) is 2.79. The van der Waals surface area contributed by atoms with Gasteiger partial charge in [-0.3, -0.25) is 4.99 Å². The summed E-state index contributed by atoms with van der Waals surface area (Å²) in [5, 5.41) is 8.56. The molecule has 114 valence electrons. The molecule has 0 saturated carbocycles. The van der Waals surface area contributed by atoms with Gasteiger partial charge in [0, 0.05) is 12.3 Å². The van der Waals surface area contributed by atoms with Crippen molar-refractivity contribution in [3.8, 4) is 5.75 Å². The van der Waals surface area contributed by atoms with Crippen LogP contribution in [0, 0.1) is 0 Å². The van der Waals surface area contributed by atoms with E-state index in [0.29, 0.717) is 0 Å². The van der Waals surface area contributed by atoms with Crippen LogP contribution in [0.1, 0.15) is 11.1 Å². The molecule has 5 heteroatoms. The van der Waals surface area contributed by atoms with E-state index < -0.39 is 5.97 Å². The Morgan fingerprint density at radius 1 is 1.05 bits per heavy atom. The zero-order valence-electron chi connectivity index (χ0n) is 12.0. The fraction of sp³-hybridized carbons (Fsp3) is 0.0588. The molecule has 2 rings (SSSR count). The van der Waals surface area contributed by atoms with Crippen LogP contribution >= 0.6 is 12.4 Å². The summed E-state index contributed by atoms with van der Waals surface area (Å²) in [7, 11) is 1.63. The quantitative estimate of drug-likeness (QED) is 0.670. The summed E-state index contributed by atoms with van der Waals surface area (Å²) < 4.78 is 5.09. The van der Waals surface area contributed by atoms with Crippen molar-refractivity contribution >= 4 is 36.4 Å². The van der Waals surface area contributed by atoms with Gasteiger partial charge in [-0.15, -0.1) is 12.4 Å². The van der Waals surface area contributed by atoms with Gasteiger partial charge in [0.25, 0.3) is 0 Å². The standard InChI is InChI=1S/C17H15NO3.ClH/c1-21-16-9-4-14(5-10-16)12-18-15-7-2-13(3-8-15)6-11-17(19)20;/h2-12H,1H3,(H,19,20);1H/b11-6+,18-12?;. The second-order valence-corrected chi connectivity index (χ2v) is 4.29. The lowest BCUT2D eigenvalue weighted by Gasteiger charge is -1.99. The molecule has 2 aromatic rings. The molecule has 2 aromatic carbocycles. The van der Waals surface area contributed by atoms with Gasteiger partial charge in [-0.05, 0) is 53.6 Å². The Labute approximate surface area is 135 Å². The minimum absolute atomic E-state index is 0. The number of carbonyl (C=O) groups is 1. The average Bonchev–Trinajstić information content (AvgIpc) is 2.52. The maximum atomic E-state index is 10.4. The van der Waals surface area contributed by atoms with Crippen molar-refractivity contribution in [1.29, 1.82) is 0 Å². The molecule has 0 spiro atoms. The largest absolute Gasteiger partial charge is 0.497 e. The summed E-state index contributed by atoms with van der Waals surface area (Å²) >= 11 is 0. The highest BCUT2D eigenvalue weighted by Crippen LogP contribution is 2.15. The van der Waals surface area contributed by atoms with Crippen LogP contribution in [0.3, 0.4) is 0 Å². The number of aliphatic imine (C=N–C) groups is 1. The SMILES string of the molecule is COc1ccc(C=Nc2ccc(/C=C/C(=O)O)cc2)cc1.Cl. The van der Waals surface area contributed by atoms with Crippen LogP contribution in [0.15, 0.2) is 59.6 Å². The molecule has 0 fully saturated rings. The van der Waals surface area contributed by atoms with Crippen LogP contribution in [0.5, 0.6) is 5.75 Å². The van der Waals surface area contributed by atoms with Crippen LogP contribution in [0.4, 0.5) is 5.69 Å². The lowest BCUT2D eigenvalue weighted by Crippen LogP contribution is -1.85. The van der Waals surface area contributed by atoms with Crippen LogP contribution < -0.4 is 4.74 Å². The molecule has 0 aliphatic rings. The van der Waals surface area contributed by atoms with Gasteiger partial charge in [-0.2, -0.15) is 0 Å². The Morgan fingerprint density at radius 3 is 2.18 bits per heavy atom. The van der Waals surface area contributed by atoms with Gasteiger partial charge < -0.3 is 9.84 Å². The number of rotatable bonds is 5. The van der Waals surface area contributed by atoms with Crippen molar-refractivity contribution in [2.75, 3.05) is 7.11 Å². The summed E-state index contributed by atoms with van der Waals surface area (Å²) in [5.41, 5.74) is 2.60. The molecule has 0 aromatic heterocycles. The molecule has 1 N–H and O–H groups in total. The van der Waals surface area contributed by atoms with E-state index in [0.717, 1.165) is 28.6 Å². The van der Waals surface area contributed by atoms with Gasteiger partial charge in [0.05, 0.1) is 12.8 Å². The van der Waals surface area contributed by atoms with Crippen molar-refractivity contribution in [3.63, 3.8) is 0 Å². The summed E-state index contributed by atoms with van der Waals surface area (Å²) in [5.74, 6) is -0.154. The van der Waals surface area contributed by atoms with Gasteiger partial charge in [-0.25, -0.2) is 4.79 Å². The first-order valence-corrected chi connectivity index (χ1v) is 6.36. The summed E-state index contributed by atoms with van der Waals surface area (Å²) in [6, 6.07) is 14.9. The minimum Gasteiger partial charge on any atom is -0.497 e. The topological polar surface area (TPSA) is 58.9 Å². The number of benzene rings is 2. The van der Waals surface area contributed by atoms with Crippen LogP contribution in [-0.4, -0.2) is 24.4 Å². The van der Waals surface area contributed by atoms with Gasteiger partial charge in [0.1, 0.15) is 5.75 Å². The maximum Gasteiger partial charge on any atom is 0.328 e. The van der Waals surface area contributed by atoms with Crippen molar-refractivity contribution < 1.29 is 14.6 Å². The van der Waals surface area contributed by atoms with Gasteiger partial charge in [0.2, 0.25) is 0 Å². The molecule has 4 nitrogen and oxygen atoms in total. The number of ether oxygens (including phenoxy) is 1. The number of carboxylic acid groups (broad SMARTS) is 1. The lowest BCUT2D eigenvalue weighted by atomic mass is 10.2. The van der Waals surface area contributed by atoms with E-state index in [1.165, 1.54) is 0 Å². The first-order valence-electron chi connectivity index (χ1n) is 6.36. The van der Waals surface area contributed by atoms with Gasteiger partial charge in [-0.1, -0.05) is 12.1 Å². The van der Waals surface area contributed by atoms with E-state index in [4.69, 9.17) is 9.84 Å². The predicted octanol–water partition coefficient (Wildman–Crippen LogP) is 3.97. The highest BCUT2D eigenvalue weighted by atomic mass is 35.5. The van der Waals surface area contributed by atoms with E-state index in [-0.39, 0.29) is 12.4 Å². The molecule has 0 saturated heterocycles. The monoisotopic (exact) mass is 317 g/mol. The second kappa shape index (κ2) is 8.64. The van der Waals surface area contributed by atoms with Gasteiger partial charge >= 0.3 is 5.97 Å². The molecule has 0 atom stereocenters. The zero-order chi connectivity index (χ0) is 15.1. The highest BCUT2D eigenvalue weighted by molar-refractivity contribution is 5.86. The summed E-state index contributed by atoms with van der Waals surface area (Å²) in [6.45, 7) is 0. The molecule has 22 heavy (non-hydrogen) atoms. The van der Waals surface area contributed by atoms with E-state index in [2.05, 4.69) is 4.99 Å². The van der Waals surface area contributed by atoms with Crippen molar-refractivity contribution in [3.05, 3.63) is 65.7 Å². The number of hydrogen-bond acceptors (Lipinski definition) is 3. The number of aliphatic carboxylic acids is 1. The maximum absolute atomic E-state index is 10.4. The fourth-order valence-corrected chi connectivity index (χ4v) is 1.68. The first kappa shape index (κ1) is 17.5. The highest BCUT2D eigenvalue weighted by Gasteiger charge is 1.93. The Bertz CT molecular complexity index is 661. The van der Waals surface area contributed by atoms with Crippen LogP contribution in [-0.2, 0) is 4.79 Å². The Balaban J connectivity index is 0.00000242. The number of methoxy groups -OCH3 is 1. The molecule has 0 aliphatic heterocycles. The lowest BCUT2D eigenvalue weighted by molar-refractivity contribution is -0.131. The van der Waals surface area contributed by atoms with Crippen molar-refractivity contribution in [2.45, 2.75) is 0 Å². The first-order chi connectivity index (χ1) is 10.2. The minimum atomic E-state index is -0.961.